The third-order valence-corrected chi connectivity index (χ3v) is 6.77. The third-order valence-electron chi connectivity index (χ3n) is 6.77. The summed E-state index contributed by atoms with van der Waals surface area (Å²) >= 11 is 0. The van der Waals surface area contributed by atoms with Gasteiger partial charge in [0.25, 0.3) is 11.5 Å². The monoisotopic (exact) mass is 526 g/mol. The second kappa shape index (κ2) is 9.43. The van der Waals surface area contributed by atoms with Gasteiger partial charge in [-0.15, -0.1) is 0 Å². The van der Waals surface area contributed by atoms with Gasteiger partial charge in [-0.1, -0.05) is 30.3 Å². The van der Waals surface area contributed by atoms with Gasteiger partial charge in [0, 0.05) is 13.5 Å². The number of aromatic nitrogens is 4. The maximum absolute atomic E-state index is 14.1. The molecule has 0 aliphatic carbocycles. The van der Waals surface area contributed by atoms with E-state index in [4.69, 9.17) is 4.74 Å². The number of alkyl halides is 3. The van der Waals surface area contributed by atoms with Gasteiger partial charge in [-0.05, 0) is 36.8 Å². The quantitative estimate of drug-likeness (QED) is 0.396. The second-order valence-electron chi connectivity index (χ2n) is 9.01. The van der Waals surface area contributed by atoms with Crippen LogP contribution in [0.25, 0.3) is 5.69 Å². The molecule has 0 fully saturated rings. The van der Waals surface area contributed by atoms with E-state index in [9.17, 15) is 22.8 Å². The van der Waals surface area contributed by atoms with Crippen LogP contribution in [0, 0.1) is 6.92 Å². The van der Waals surface area contributed by atoms with E-state index in [1.54, 1.807) is 67.2 Å². The van der Waals surface area contributed by atoms with Crippen molar-refractivity contribution in [1.82, 2.24) is 19.1 Å². The lowest BCUT2D eigenvalue weighted by atomic mass is 9.96. The molecule has 12 heteroatoms. The van der Waals surface area contributed by atoms with E-state index in [2.05, 4.69) is 15.7 Å². The molecule has 0 saturated heterocycles. The maximum Gasteiger partial charge on any atom is 0.410 e. The van der Waals surface area contributed by atoms with Gasteiger partial charge in [0.15, 0.2) is 6.04 Å². The Balaban J connectivity index is 1.51. The Kier molecular flexibility index (Phi) is 6.25. The van der Waals surface area contributed by atoms with Crippen LogP contribution >= 0.6 is 0 Å². The summed E-state index contributed by atoms with van der Waals surface area (Å²) in [5.41, 5.74) is 1.09. The van der Waals surface area contributed by atoms with Crippen molar-refractivity contribution in [3.8, 4) is 11.4 Å². The van der Waals surface area contributed by atoms with Crippen molar-refractivity contribution in [3.63, 3.8) is 0 Å². The number of fused-ring (bicyclic) bond motifs is 1. The fourth-order valence-electron chi connectivity index (χ4n) is 4.70. The third kappa shape index (κ3) is 4.31. The van der Waals surface area contributed by atoms with Crippen LogP contribution in [-0.2, 0) is 7.05 Å². The lowest BCUT2D eigenvalue weighted by molar-refractivity contribution is -0.173. The summed E-state index contributed by atoms with van der Waals surface area (Å²) in [6.07, 6.45) is -3.85. The highest BCUT2D eigenvalue weighted by molar-refractivity contribution is 6.07. The van der Waals surface area contributed by atoms with Crippen LogP contribution in [0.15, 0.2) is 65.6 Å². The van der Waals surface area contributed by atoms with Crippen LogP contribution < -0.4 is 20.9 Å². The first-order valence-electron chi connectivity index (χ1n) is 11.8. The van der Waals surface area contributed by atoms with Crippen molar-refractivity contribution in [2.45, 2.75) is 31.6 Å². The molecule has 2 aromatic heterocycles. The topological polar surface area (TPSA) is 95.1 Å². The van der Waals surface area contributed by atoms with Crippen molar-refractivity contribution in [2.24, 2.45) is 7.05 Å². The van der Waals surface area contributed by atoms with Gasteiger partial charge in [-0.3, -0.25) is 14.3 Å². The SMILES string of the molecule is COc1cccc([C@H]2C[C@H](C(F)(F)F)n3ncc(C(=O)Nc4c(C)n(C)n(-c5ccccc5)c4=O)c3N2)c1. The number of carbonyl (C=O) groups is 1. The standard InChI is InChI=1S/C26H25F3N6O3/c1-15-22(25(37)35(33(15)2)17-9-5-4-6-10-17)32-24(36)19-14-30-34-21(26(27,28)29)13-20(31-23(19)34)16-8-7-11-18(12-16)38-3/h4-12,14,20-21,31H,13H2,1-3H3,(H,32,36)/t20-,21-/m1/s1. The smallest absolute Gasteiger partial charge is 0.410 e. The summed E-state index contributed by atoms with van der Waals surface area (Å²) in [5, 5.41) is 9.55. The number of halogens is 3. The number of nitrogens with one attached hydrogen (secondary N) is 2. The van der Waals surface area contributed by atoms with Gasteiger partial charge in [-0.2, -0.15) is 18.3 Å². The van der Waals surface area contributed by atoms with Gasteiger partial charge >= 0.3 is 6.18 Å². The molecule has 0 unspecified atom stereocenters. The normalized spacial score (nSPS) is 17.0. The van der Waals surface area contributed by atoms with Crippen LogP contribution in [0.1, 0.15) is 40.1 Å². The molecule has 9 nitrogen and oxygen atoms in total. The average Bonchev–Trinajstić information content (AvgIpc) is 3.42. The molecule has 1 aliphatic heterocycles. The molecule has 0 saturated carbocycles. The van der Waals surface area contributed by atoms with Gasteiger partial charge in [0.2, 0.25) is 0 Å². The molecule has 4 aromatic rings. The number of hydrogen-bond donors (Lipinski definition) is 2. The molecule has 2 aromatic carbocycles. The van der Waals surface area contributed by atoms with Gasteiger partial charge in [0.1, 0.15) is 22.8 Å². The largest absolute Gasteiger partial charge is 0.497 e. The van der Waals surface area contributed by atoms with Crippen molar-refractivity contribution < 1.29 is 22.7 Å². The fraction of sp³-hybridized carbons (Fsp3) is 0.269. The summed E-state index contributed by atoms with van der Waals surface area (Å²) in [4.78, 5) is 26.6. The number of ether oxygens (including phenoxy) is 1. The van der Waals surface area contributed by atoms with Crippen molar-refractivity contribution in [2.75, 3.05) is 17.7 Å². The second-order valence-corrected chi connectivity index (χ2v) is 9.01. The molecule has 0 radical (unpaired) electrons. The Morgan fingerprint density at radius 2 is 1.89 bits per heavy atom. The number of amides is 1. The Morgan fingerprint density at radius 3 is 2.58 bits per heavy atom. The summed E-state index contributed by atoms with van der Waals surface area (Å²) in [5.74, 6) is -0.336. The molecule has 5 rings (SSSR count). The van der Waals surface area contributed by atoms with Crippen molar-refractivity contribution in [1.29, 1.82) is 0 Å². The maximum atomic E-state index is 14.1. The predicted molar refractivity (Wildman–Crippen MR) is 135 cm³/mol. The van der Waals surface area contributed by atoms with Crippen LogP contribution in [0.5, 0.6) is 5.75 Å². The zero-order valence-electron chi connectivity index (χ0n) is 20.8. The molecule has 2 atom stereocenters. The Bertz CT molecular complexity index is 1550. The first-order valence-corrected chi connectivity index (χ1v) is 11.8. The molecule has 38 heavy (non-hydrogen) atoms. The van der Waals surface area contributed by atoms with E-state index >= 15 is 0 Å². The number of hydrogen-bond acceptors (Lipinski definition) is 5. The van der Waals surface area contributed by atoms with E-state index in [0.29, 0.717) is 22.7 Å². The number of methoxy groups -OCH3 is 1. The Morgan fingerprint density at radius 1 is 1.16 bits per heavy atom. The van der Waals surface area contributed by atoms with E-state index < -0.39 is 29.7 Å². The van der Waals surface area contributed by atoms with Crippen molar-refractivity contribution >= 4 is 17.4 Å². The molecule has 0 bridgehead atoms. The number of benzene rings is 2. The minimum atomic E-state index is -4.60. The fourth-order valence-corrected chi connectivity index (χ4v) is 4.70. The Labute approximate surface area is 215 Å². The van der Waals surface area contributed by atoms with E-state index in [1.165, 1.54) is 11.8 Å². The minimum absolute atomic E-state index is 0.0221. The van der Waals surface area contributed by atoms with E-state index in [0.717, 1.165) is 10.9 Å². The molecule has 3 heterocycles. The molecule has 1 aliphatic rings. The number of para-hydroxylation sites is 1. The van der Waals surface area contributed by atoms with Crippen LogP contribution in [0.4, 0.5) is 24.7 Å². The molecular formula is C26H25F3N6O3. The number of rotatable bonds is 5. The zero-order valence-corrected chi connectivity index (χ0v) is 20.8. The first kappa shape index (κ1) is 25.2. The predicted octanol–water partition coefficient (Wildman–Crippen LogP) is 4.60. The highest BCUT2D eigenvalue weighted by Crippen LogP contribution is 2.44. The Hall–Kier alpha value is -4.48. The molecule has 0 spiro atoms. The summed E-state index contributed by atoms with van der Waals surface area (Å²) in [7, 11) is 3.15. The van der Waals surface area contributed by atoms with Crippen LogP contribution in [-0.4, -0.2) is 38.3 Å². The van der Waals surface area contributed by atoms with E-state index in [-0.39, 0.29) is 23.5 Å². The van der Waals surface area contributed by atoms with Gasteiger partial charge in [0.05, 0.1) is 30.7 Å². The van der Waals surface area contributed by atoms with Gasteiger partial charge in [-0.25, -0.2) is 9.36 Å². The summed E-state index contributed by atoms with van der Waals surface area (Å²) < 4.78 is 51.2. The zero-order chi connectivity index (χ0) is 27.2. The van der Waals surface area contributed by atoms with Crippen molar-refractivity contribution in [3.05, 3.63) is 88.0 Å². The summed E-state index contributed by atoms with van der Waals surface area (Å²) in [6, 6.07) is 12.9. The lowest BCUT2D eigenvalue weighted by Crippen LogP contribution is -2.36. The van der Waals surface area contributed by atoms with Crippen LogP contribution in [0.3, 0.4) is 0 Å². The van der Waals surface area contributed by atoms with Crippen LogP contribution in [0.2, 0.25) is 0 Å². The first-order chi connectivity index (χ1) is 18.1. The summed E-state index contributed by atoms with van der Waals surface area (Å²) in [6.45, 7) is 1.67. The highest BCUT2D eigenvalue weighted by Gasteiger charge is 2.47. The average molecular weight is 527 g/mol. The number of carbonyl (C=O) groups excluding carboxylic acids is 1. The minimum Gasteiger partial charge on any atom is -0.497 e. The molecule has 1 amide bonds. The van der Waals surface area contributed by atoms with Gasteiger partial charge < -0.3 is 15.4 Å². The molecular weight excluding hydrogens is 501 g/mol. The highest BCUT2D eigenvalue weighted by atomic mass is 19.4. The molecule has 2 N–H and O–H groups in total. The van der Waals surface area contributed by atoms with E-state index in [1.807, 2.05) is 6.07 Å². The lowest BCUT2D eigenvalue weighted by Gasteiger charge is -2.34. The molecule has 198 valence electrons. The number of nitrogens with zero attached hydrogens (tertiary/aromatic N) is 4. The number of anilines is 2.